The molecule has 5 rings (SSSR count). The van der Waals surface area contributed by atoms with Crippen LogP contribution in [0.1, 0.15) is 25.1 Å². The minimum Gasteiger partial charge on any atom is -0.487 e. The highest BCUT2D eigenvalue weighted by Gasteiger charge is 2.26. The first-order valence-electron chi connectivity index (χ1n) is 11.1. The number of pyridine rings is 1. The Morgan fingerprint density at radius 2 is 1.82 bits per heavy atom. The molecule has 0 saturated carbocycles. The van der Waals surface area contributed by atoms with Crippen LogP contribution in [0.4, 0.5) is 17.2 Å². The number of aliphatic imine (C=N–C) groups is 1. The van der Waals surface area contributed by atoms with E-state index in [2.05, 4.69) is 30.6 Å². The van der Waals surface area contributed by atoms with Gasteiger partial charge in [-0.05, 0) is 74.9 Å². The molecule has 2 aromatic heterocycles. The Bertz CT molecular complexity index is 1350. The second kappa shape index (κ2) is 8.97. The van der Waals surface area contributed by atoms with Crippen molar-refractivity contribution in [1.29, 1.82) is 0 Å². The maximum absolute atomic E-state index is 5.94. The second-order valence-corrected chi connectivity index (χ2v) is 8.81. The van der Waals surface area contributed by atoms with Gasteiger partial charge >= 0.3 is 0 Å². The number of nitrogens with zero attached hydrogens (tertiary/aromatic N) is 4. The number of amidine groups is 1. The molecule has 8 nitrogen and oxygen atoms in total. The van der Waals surface area contributed by atoms with Gasteiger partial charge in [0.15, 0.2) is 0 Å². The lowest BCUT2D eigenvalue weighted by Crippen LogP contribution is -2.17. The Hall–Kier alpha value is -4.20. The minimum absolute atomic E-state index is 0.222. The molecule has 0 saturated heterocycles. The molecule has 0 radical (unpaired) electrons. The Morgan fingerprint density at radius 1 is 0.971 bits per heavy atom. The molecule has 1 aliphatic rings. The van der Waals surface area contributed by atoms with Gasteiger partial charge in [-0.25, -0.2) is 15.0 Å². The third-order valence-corrected chi connectivity index (χ3v) is 5.39. The number of aromatic nitrogens is 3. The van der Waals surface area contributed by atoms with E-state index in [-0.39, 0.29) is 5.54 Å². The lowest BCUT2D eigenvalue weighted by Gasteiger charge is -2.13. The standard InChI is InChI=1S/C26H26N6O2/c1-17-12-18(8-10-23(17)33-14-20-6-4-5-11-27-20)30-24-21-13-19(7-9-22(21)28-16-29-24)31-25-32-26(2,3)15-34-25/h4-13,16H,14-15H2,1-3H3,(H,31,32)(H,28,29,30). The summed E-state index contributed by atoms with van der Waals surface area (Å²) in [7, 11) is 0. The van der Waals surface area contributed by atoms with Gasteiger partial charge in [-0.3, -0.25) is 4.98 Å². The van der Waals surface area contributed by atoms with Crippen LogP contribution in [0.25, 0.3) is 10.9 Å². The van der Waals surface area contributed by atoms with Crippen LogP contribution < -0.4 is 15.4 Å². The summed E-state index contributed by atoms with van der Waals surface area (Å²) < 4.78 is 11.6. The molecular weight excluding hydrogens is 428 g/mol. The van der Waals surface area contributed by atoms with Crippen molar-refractivity contribution >= 4 is 34.1 Å². The number of hydrogen-bond donors (Lipinski definition) is 2. The normalized spacial score (nSPS) is 14.4. The van der Waals surface area contributed by atoms with Crippen molar-refractivity contribution in [2.75, 3.05) is 17.2 Å². The van der Waals surface area contributed by atoms with Gasteiger partial charge in [0.2, 0.25) is 0 Å². The summed E-state index contributed by atoms with van der Waals surface area (Å²) in [6, 6.07) is 18.2. The van der Waals surface area contributed by atoms with Crippen LogP contribution >= 0.6 is 0 Å². The van der Waals surface area contributed by atoms with Crippen LogP contribution in [0.15, 0.2) is 72.1 Å². The Kier molecular flexibility index (Phi) is 5.71. The molecule has 0 aliphatic carbocycles. The highest BCUT2D eigenvalue weighted by molar-refractivity contribution is 5.97. The molecule has 172 valence electrons. The SMILES string of the molecule is Cc1cc(Nc2ncnc3ccc(NC4=NC(C)(C)CO4)cc23)ccc1OCc1ccccn1. The first-order valence-corrected chi connectivity index (χ1v) is 11.1. The number of hydrogen-bond acceptors (Lipinski definition) is 8. The van der Waals surface area contributed by atoms with Crippen molar-refractivity contribution in [2.24, 2.45) is 4.99 Å². The zero-order valence-corrected chi connectivity index (χ0v) is 19.4. The topological polar surface area (TPSA) is 93.6 Å². The molecular formula is C26H26N6O2. The summed E-state index contributed by atoms with van der Waals surface area (Å²) in [6.45, 7) is 7.07. The lowest BCUT2D eigenvalue weighted by molar-refractivity contribution is 0.278. The summed E-state index contributed by atoms with van der Waals surface area (Å²) in [6.07, 6.45) is 3.32. The van der Waals surface area contributed by atoms with Crippen molar-refractivity contribution in [2.45, 2.75) is 32.9 Å². The van der Waals surface area contributed by atoms with E-state index in [0.717, 1.165) is 39.3 Å². The van der Waals surface area contributed by atoms with E-state index in [0.29, 0.717) is 25.1 Å². The van der Waals surface area contributed by atoms with E-state index in [1.165, 1.54) is 0 Å². The summed E-state index contributed by atoms with van der Waals surface area (Å²) in [5.41, 5.74) is 4.28. The van der Waals surface area contributed by atoms with Crippen molar-refractivity contribution in [3.63, 3.8) is 0 Å². The fourth-order valence-corrected chi connectivity index (χ4v) is 3.67. The average Bonchev–Trinajstić information content (AvgIpc) is 3.17. The van der Waals surface area contributed by atoms with E-state index in [9.17, 15) is 0 Å². The van der Waals surface area contributed by atoms with Gasteiger partial charge in [-0.15, -0.1) is 0 Å². The van der Waals surface area contributed by atoms with Crippen LogP contribution in [0.3, 0.4) is 0 Å². The molecule has 3 heterocycles. The molecule has 0 bridgehead atoms. The third kappa shape index (κ3) is 4.91. The van der Waals surface area contributed by atoms with Crippen molar-refractivity contribution < 1.29 is 9.47 Å². The van der Waals surface area contributed by atoms with Gasteiger partial charge in [0.05, 0.1) is 16.7 Å². The zero-order valence-electron chi connectivity index (χ0n) is 19.4. The Labute approximate surface area is 198 Å². The number of aryl methyl sites for hydroxylation is 1. The van der Waals surface area contributed by atoms with Crippen molar-refractivity contribution in [3.05, 3.63) is 78.4 Å². The number of nitrogens with one attached hydrogen (secondary N) is 2. The fourth-order valence-electron chi connectivity index (χ4n) is 3.67. The molecule has 4 aromatic rings. The quantitative estimate of drug-likeness (QED) is 0.412. The minimum atomic E-state index is -0.222. The average molecular weight is 455 g/mol. The monoisotopic (exact) mass is 454 g/mol. The summed E-state index contributed by atoms with van der Waals surface area (Å²) >= 11 is 0. The molecule has 0 atom stereocenters. The first kappa shape index (κ1) is 21.6. The molecule has 2 aromatic carbocycles. The highest BCUT2D eigenvalue weighted by atomic mass is 16.5. The highest BCUT2D eigenvalue weighted by Crippen LogP contribution is 2.29. The van der Waals surface area contributed by atoms with E-state index < -0.39 is 0 Å². The van der Waals surface area contributed by atoms with Crippen molar-refractivity contribution in [3.8, 4) is 5.75 Å². The Morgan fingerprint density at radius 3 is 2.59 bits per heavy atom. The molecule has 0 amide bonds. The predicted molar refractivity (Wildman–Crippen MR) is 134 cm³/mol. The van der Waals surface area contributed by atoms with Crippen LogP contribution in [0.2, 0.25) is 0 Å². The maximum atomic E-state index is 5.94. The smallest absolute Gasteiger partial charge is 0.289 e. The predicted octanol–water partition coefficient (Wildman–Crippen LogP) is 5.23. The van der Waals surface area contributed by atoms with E-state index in [4.69, 9.17) is 9.47 Å². The molecule has 2 N–H and O–H groups in total. The van der Waals surface area contributed by atoms with Gasteiger partial charge in [-0.2, -0.15) is 0 Å². The molecule has 1 aliphatic heterocycles. The largest absolute Gasteiger partial charge is 0.487 e. The summed E-state index contributed by atoms with van der Waals surface area (Å²) in [5.74, 6) is 1.53. The molecule has 8 heteroatoms. The van der Waals surface area contributed by atoms with Gasteiger partial charge in [-0.1, -0.05) is 6.07 Å². The van der Waals surface area contributed by atoms with Gasteiger partial charge < -0.3 is 20.1 Å². The van der Waals surface area contributed by atoms with Gasteiger partial charge in [0.1, 0.15) is 31.1 Å². The van der Waals surface area contributed by atoms with E-state index >= 15 is 0 Å². The van der Waals surface area contributed by atoms with Gasteiger partial charge in [0, 0.05) is 23.0 Å². The summed E-state index contributed by atoms with van der Waals surface area (Å²) in [5, 5.41) is 7.55. The second-order valence-electron chi connectivity index (χ2n) is 8.81. The van der Waals surface area contributed by atoms with E-state index in [1.54, 1.807) is 12.5 Å². The van der Waals surface area contributed by atoms with Crippen LogP contribution in [0, 0.1) is 6.92 Å². The number of ether oxygens (including phenoxy) is 2. The van der Waals surface area contributed by atoms with Crippen LogP contribution in [0.5, 0.6) is 5.75 Å². The fraction of sp³-hybridized carbons (Fsp3) is 0.231. The van der Waals surface area contributed by atoms with Crippen LogP contribution in [-0.2, 0) is 11.3 Å². The summed E-state index contributed by atoms with van der Waals surface area (Å²) in [4.78, 5) is 17.7. The number of anilines is 3. The van der Waals surface area contributed by atoms with Crippen molar-refractivity contribution in [1.82, 2.24) is 15.0 Å². The number of rotatable bonds is 6. The first-order chi connectivity index (χ1) is 16.4. The molecule has 0 spiro atoms. The third-order valence-electron chi connectivity index (χ3n) is 5.39. The van der Waals surface area contributed by atoms with E-state index in [1.807, 2.05) is 75.4 Å². The number of fused-ring (bicyclic) bond motifs is 1. The molecule has 0 fully saturated rings. The van der Waals surface area contributed by atoms with Crippen LogP contribution in [-0.4, -0.2) is 33.1 Å². The molecule has 34 heavy (non-hydrogen) atoms. The zero-order chi connectivity index (χ0) is 23.5. The Balaban J connectivity index is 1.34. The number of benzene rings is 2. The van der Waals surface area contributed by atoms with Gasteiger partial charge in [0.25, 0.3) is 6.02 Å². The molecule has 0 unspecified atom stereocenters. The lowest BCUT2D eigenvalue weighted by atomic mass is 10.1. The maximum Gasteiger partial charge on any atom is 0.289 e.